The van der Waals surface area contributed by atoms with Gasteiger partial charge in [0.1, 0.15) is 0 Å². The van der Waals surface area contributed by atoms with Gasteiger partial charge in [0, 0.05) is 37.6 Å². The SMILES string of the molecule is N#Cc1ccc(-c2c3ccc(N4CCCCC4)cc3c(-c3ccc4ccccc4c3)c3ccc(N4CCCCC4)cc23)cc1. The molecule has 0 aliphatic carbocycles. The Morgan fingerprint density at radius 2 is 0.977 bits per heavy atom. The average molecular weight is 572 g/mol. The van der Waals surface area contributed by atoms with Crippen LogP contribution in [0, 0.1) is 11.3 Å². The summed E-state index contributed by atoms with van der Waals surface area (Å²) in [6, 6.07) is 40.4. The predicted octanol–water partition coefficient (Wildman–Crippen LogP) is 10.3. The van der Waals surface area contributed by atoms with Gasteiger partial charge in [-0.05, 0) is 136 Å². The van der Waals surface area contributed by atoms with Crippen LogP contribution in [0.2, 0.25) is 0 Å². The third-order valence-corrected chi connectivity index (χ3v) is 9.87. The van der Waals surface area contributed by atoms with E-state index in [1.54, 1.807) is 0 Å². The summed E-state index contributed by atoms with van der Waals surface area (Å²) in [5.41, 5.74) is 8.29. The smallest absolute Gasteiger partial charge is 0.0991 e. The minimum absolute atomic E-state index is 0.691. The van der Waals surface area contributed by atoms with Crippen LogP contribution in [-0.4, -0.2) is 26.2 Å². The van der Waals surface area contributed by atoms with Crippen molar-refractivity contribution < 1.29 is 0 Å². The van der Waals surface area contributed by atoms with Gasteiger partial charge in [-0.15, -0.1) is 0 Å². The van der Waals surface area contributed by atoms with Crippen molar-refractivity contribution in [2.24, 2.45) is 0 Å². The molecule has 0 bridgehead atoms. The monoisotopic (exact) mass is 571 g/mol. The summed E-state index contributed by atoms with van der Waals surface area (Å²) in [7, 11) is 0. The molecular weight excluding hydrogens is 534 g/mol. The van der Waals surface area contributed by atoms with Gasteiger partial charge in [0.2, 0.25) is 0 Å². The minimum atomic E-state index is 0.691. The molecule has 8 rings (SSSR count). The number of rotatable bonds is 4. The van der Waals surface area contributed by atoms with Crippen molar-refractivity contribution in [1.29, 1.82) is 5.26 Å². The summed E-state index contributed by atoms with van der Waals surface area (Å²) >= 11 is 0. The van der Waals surface area contributed by atoms with E-state index in [1.165, 1.54) is 98.9 Å². The number of hydrogen-bond acceptors (Lipinski definition) is 3. The Morgan fingerprint density at radius 3 is 1.55 bits per heavy atom. The molecule has 0 N–H and O–H groups in total. The lowest BCUT2D eigenvalue weighted by Gasteiger charge is -2.30. The van der Waals surface area contributed by atoms with Gasteiger partial charge < -0.3 is 9.80 Å². The van der Waals surface area contributed by atoms with E-state index in [0.29, 0.717) is 5.56 Å². The largest absolute Gasteiger partial charge is 0.372 e. The van der Waals surface area contributed by atoms with E-state index in [0.717, 1.165) is 31.7 Å². The molecule has 3 nitrogen and oxygen atoms in total. The molecular formula is C41H37N3. The van der Waals surface area contributed by atoms with Gasteiger partial charge in [0.25, 0.3) is 0 Å². The second-order valence-electron chi connectivity index (χ2n) is 12.6. The maximum absolute atomic E-state index is 9.56. The lowest BCUT2D eigenvalue weighted by Crippen LogP contribution is -2.29. The normalized spacial score (nSPS) is 15.6. The molecule has 0 unspecified atom stereocenters. The topological polar surface area (TPSA) is 30.3 Å². The van der Waals surface area contributed by atoms with Crippen molar-refractivity contribution >= 4 is 43.7 Å². The van der Waals surface area contributed by atoms with Crippen LogP contribution in [0.15, 0.2) is 103 Å². The van der Waals surface area contributed by atoms with E-state index in [4.69, 9.17) is 0 Å². The van der Waals surface area contributed by atoms with Crippen LogP contribution in [0.25, 0.3) is 54.6 Å². The van der Waals surface area contributed by atoms with Crippen molar-refractivity contribution in [2.45, 2.75) is 38.5 Å². The van der Waals surface area contributed by atoms with E-state index in [2.05, 4.69) is 107 Å². The predicted molar refractivity (Wildman–Crippen MR) is 187 cm³/mol. The number of piperidine rings is 2. The molecule has 2 heterocycles. The highest BCUT2D eigenvalue weighted by Gasteiger charge is 2.21. The molecule has 216 valence electrons. The lowest BCUT2D eigenvalue weighted by molar-refractivity contribution is 0.578. The van der Waals surface area contributed by atoms with E-state index in [-0.39, 0.29) is 0 Å². The zero-order valence-electron chi connectivity index (χ0n) is 25.2. The first-order chi connectivity index (χ1) is 21.8. The number of benzene rings is 6. The Hall–Kier alpha value is -4.81. The number of nitriles is 1. The molecule has 0 radical (unpaired) electrons. The number of nitrogens with zero attached hydrogens (tertiary/aromatic N) is 3. The molecule has 0 saturated carbocycles. The highest BCUT2D eigenvalue weighted by molar-refractivity contribution is 6.22. The Morgan fingerprint density at radius 1 is 0.455 bits per heavy atom. The van der Waals surface area contributed by atoms with Crippen molar-refractivity contribution in [3.05, 3.63) is 109 Å². The summed E-state index contributed by atoms with van der Waals surface area (Å²) < 4.78 is 0. The quantitative estimate of drug-likeness (QED) is 0.197. The van der Waals surface area contributed by atoms with E-state index < -0.39 is 0 Å². The molecule has 44 heavy (non-hydrogen) atoms. The second kappa shape index (κ2) is 11.4. The zero-order valence-corrected chi connectivity index (χ0v) is 25.2. The van der Waals surface area contributed by atoms with Crippen LogP contribution < -0.4 is 9.80 Å². The van der Waals surface area contributed by atoms with Gasteiger partial charge in [-0.2, -0.15) is 5.26 Å². The average Bonchev–Trinajstić information content (AvgIpc) is 3.10. The molecule has 2 aliphatic rings. The van der Waals surface area contributed by atoms with Gasteiger partial charge >= 0.3 is 0 Å². The van der Waals surface area contributed by atoms with Crippen molar-refractivity contribution in [2.75, 3.05) is 36.0 Å². The van der Waals surface area contributed by atoms with Gasteiger partial charge in [0.15, 0.2) is 0 Å². The summed E-state index contributed by atoms with van der Waals surface area (Å²) in [6.45, 7) is 4.46. The highest BCUT2D eigenvalue weighted by atomic mass is 15.1. The third-order valence-electron chi connectivity index (χ3n) is 9.87. The number of anilines is 2. The molecule has 0 aromatic heterocycles. The molecule has 2 saturated heterocycles. The molecule has 6 aromatic carbocycles. The van der Waals surface area contributed by atoms with Crippen LogP contribution in [0.4, 0.5) is 11.4 Å². The van der Waals surface area contributed by atoms with E-state index in [1.807, 2.05) is 12.1 Å². The first-order valence-electron chi connectivity index (χ1n) is 16.3. The Bertz CT molecular complexity index is 2040. The molecule has 0 spiro atoms. The molecule has 2 fully saturated rings. The van der Waals surface area contributed by atoms with Crippen LogP contribution >= 0.6 is 0 Å². The zero-order chi connectivity index (χ0) is 29.5. The summed E-state index contributed by atoms with van der Waals surface area (Å²) in [5, 5.41) is 17.2. The van der Waals surface area contributed by atoms with Gasteiger partial charge in [0.05, 0.1) is 11.6 Å². The first kappa shape index (κ1) is 26.8. The summed E-state index contributed by atoms with van der Waals surface area (Å²) in [5.74, 6) is 0. The summed E-state index contributed by atoms with van der Waals surface area (Å²) in [4.78, 5) is 5.13. The first-order valence-corrected chi connectivity index (χ1v) is 16.3. The second-order valence-corrected chi connectivity index (χ2v) is 12.6. The van der Waals surface area contributed by atoms with Crippen molar-refractivity contribution in [3.63, 3.8) is 0 Å². The van der Waals surface area contributed by atoms with Crippen molar-refractivity contribution in [3.8, 4) is 28.3 Å². The van der Waals surface area contributed by atoms with Crippen molar-refractivity contribution in [1.82, 2.24) is 0 Å². The molecule has 3 heteroatoms. The fourth-order valence-electron chi connectivity index (χ4n) is 7.58. The van der Waals surface area contributed by atoms with Crippen LogP contribution in [0.3, 0.4) is 0 Å². The molecule has 0 amide bonds. The third kappa shape index (κ3) is 4.76. The molecule has 0 atom stereocenters. The maximum atomic E-state index is 9.56. The Labute approximate surface area is 260 Å². The lowest BCUT2D eigenvalue weighted by atomic mass is 9.84. The minimum Gasteiger partial charge on any atom is -0.372 e. The Kier molecular flexibility index (Phi) is 6.92. The number of hydrogen-bond donors (Lipinski definition) is 0. The van der Waals surface area contributed by atoms with Gasteiger partial charge in [-0.3, -0.25) is 0 Å². The van der Waals surface area contributed by atoms with E-state index >= 15 is 0 Å². The number of fused-ring (bicyclic) bond motifs is 3. The standard InChI is InChI=1S/C41H37N3/c42-28-29-11-13-31(14-12-29)40-36-19-17-35(44-23-7-2-8-24-44)27-39(36)41(33-16-15-30-9-3-4-10-32(30)25-33)37-20-18-34(26-38(37)40)43-21-5-1-6-22-43/h3-4,9-20,25-27H,1-2,5-8,21-24H2. The van der Waals surface area contributed by atoms with Crippen LogP contribution in [0.5, 0.6) is 0 Å². The summed E-state index contributed by atoms with van der Waals surface area (Å²) in [6.07, 6.45) is 7.64. The molecule has 2 aliphatic heterocycles. The maximum Gasteiger partial charge on any atom is 0.0991 e. The Balaban J connectivity index is 1.46. The molecule has 6 aromatic rings. The fourth-order valence-corrected chi connectivity index (χ4v) is 7.58. The van der Waals surface area contributed by atoms with Gasteiger partial charge in [-0.25, -0.2) is 0 Å². The van der Waals surface area contributed by atoms with Crippen LogP contribution in [-0.2, 0) is 0 Å². The highest BCUT2D eigenvalue weighted by Crippen LogP contribution is 2.46. The van der Waals surface area contributed by atoms with Gasteiger partial charge in [-0.1, -0.05) is 60.7 Å². The van der Waals surface area contributed by atoms with Crippen LogP contribution in [0.1, 0.15) is 44.1 Å². The van der Waals surface area contributed by atoms with E-state index in [9.17, 15) is 5.26 Å². The fraction of sp³-hybridized carbons (Fsp3) is 0.244.